The van der Waals surface area contributed by atoms with Crippen LogP contribution in [0.2, 0.25) is 0 Å². The van der Waals surface area contributed by atoms with Gasteiger partial charge in [0.15, 0.2) is 0 Å². The second kappa shape index (κ2) is 7.08. The molecule has 0 saturated heterocycles. The number of hydrogen-bond acceptors (Lipinski definition) is 4. The molecule has 88 valence electrons. The number of ether oxygens (including phenoxy) is 1. The zero-order chi connectivity index (χ0) is 11.7. The summed E-state index contributed by atoms with van der Waals surface area (Å²) in [7, 11) is 0. The molecule has 0 rings (SSSR count). The fourth-order valence-electron chi connectivity index (χ4n) is 0.710. The monoisotopic (exact) mass is 226 g/mol. The Balaban J connectivity index is 3.42. The van der Waals surface area contributed by atoms with Gasteiger partial charge in [-0.3, -0.25) is 0 Å². The number of halogens is 3. The maximum atomic E-state index is 11.7. The maximum absolute atomic E-state index is 11.7. The van der Waals surface area contributed by atoms with E-state index >= 15 is 0 Å². The van der Waals surface area contributed by atoms with Crippen LogP contribution in [0.5, 0.6) is 0 Å². The Morgan fingerprint density at radius 3 is 2.73 bits per heavy atom. The van der Waals surface area contributed by atoms with Crippen LogP contribution in [0.3, 0.4) is 0 Å². The minimum absolute atomic E-state index is 0.0649. The third-order valence-electron chi connectivity index (χ3n) is 1.30. The molecule has 0 aromatic rings. The molecule has 0 aliphatic heterocycles. The Hall–Kier alpha value is -1.27. The van der Waals surface area contributed by atoms with Crippen molar-refractivity contribution in [1.29, 1.82) is 0 Å². The second-order valence-corrected chi connectivity index (χ2v) is 2.64. The van der Waals surface area contributed by atoms with Crippen LogP contribution in [0, 0.1) is 0 Å². The third kappa shape index (κ3) is 10.7. The molecule has 0 fully saturated rings. The Morgan fingerprint density at radius 1 is 1.53 bits per heavy atom. The molecule has 0 amide bonds. The minimum Gasteiger partial charge on any atom is -0.462 e. The van der Waals surface area contributed by atoms with Gasteiger partial charge >= 0.3 is 12.1 Å². The first kappa shape index (κ1) is 13.7. The zero-order valence-electron chi connectivity index (χ0n) is 8.30. The van der Waals surface area contributed by atoms with E-state index in [9.17, 15) is 18.0 Å². The Bertz CT molecular complexity index is 216. The zero-order valence-corrected chi connectivity index (χ0v) is 8.30. The van der Waals surface area contributed by atoms with Crippen molar-refractivity contribution in [3.8, 4) is 0 Å². The van der Waals surface area contributed by atoms with Crippen LogP contribution in [0.15, 0.2) is 5.10 Å². The molecule has 15 heavy (non-hydrogen) atoms. The van der Waals surface area contributed by atoms with Gasteiger partial charge in [0.1, 0.15) is 6.21 Å². The van der Waals surface area contributed by atoms with E-state index in [2.05, 4.69) is 15.3 Å². The minimum atomic E-state index is -4.15. The molecule has 0 unspecified atom stereocenters. The Morgan fingerprint density at radius 2 is 2.20 bits per heavy atom. The lowest BCUT2D eigenvalue weighted by Crippen LogP contribution is -2.15. The van der Waals surface area contributed by atoms with Crippen LogP contribution in [-0.2, 0) is 9.53 Å². The quantitative estimate of drug-likeness (QED) is 0.323. The van der Waals surface area contributed by atoms with E-state index in [0.717, 1.165) is 6.21 Å². The lowest BCUT2D eigenvalue weighted by atomic mass is 10.3. The van der Waals surface area contributed by atoms with Crippen LogP contribution in [0.1, 0.15) is 19.8 Å². The van der Waals surface area contributed by atoms with Crippen molar-refractivity contribution in [3.63, 3.8) is 0 Å². The highest BCUT2D eigenvalue weighted by Gasteiger charge is 2.25. The lowest BCUT2D eigenvalue weighted by molar-refractivity contribution is -0.136. The Kier molecular flexibility index (Phi) is 6.48. The molecule has 4 nitrogen and oxygen atoms in total. The molecule has 0 aliphatic carbocycles. The second-order valence-electron chi connectivity index (χ2n) is 2.64. The van der Waals surface area contributed by atoms with Crippen LogP contribution in [0.4, 0.5) is 13.2 Å². The number of nitrogens with zero attached hydrogens (tertiary/aromatic N) is 1. The van der Waals surface area contributed by atoms with Crippen molar-refractivity contribution in [2.24, 2.45) is 5.10 Å². The van der Waals surface area contributed by atoms with Crippen molar-refractivity contribution in [2.45, 2.75) is 25.9 Å². The molecule has 0 spiro atoms. The molecule has 0 bridgehead atoms. The molecule has 0 aliphatic rings. The van der Waals surface area contributed by atoms with E-state index in [1.807, 2.05) is 0 Å². The first-order chi connectivity index (χ1) is 6.95. The van der Waals surface area contributed by atoms with Gasteiger partial charge in [0.2, 0.25) is 0 Å². The molecule has 1 N–H and O–H groups in total. The molecule has 0 aromatic heterocycles. The smallest absolute Gasteiger partial charge is 0.389 e. The summed E-state index contributed by atoms with van der Waals surface area (Å²) in [5, 5.41) is 3.39. The van der Waals surface area contributed by atoms with Crippen LogP contribution in [0.25, 0.3) is 0 Å². The topological polar surface area (TPSA) is 50.7 Å². The van der Waals surface area contributed by atoms with E-state index < -0.39 is 18.6 Å². The van der Waals surface area contributed by atoms with E-state index in [4.69, 9.17) is 0 Å². The third-order valence-corrected chi connectivity index (χ3v) is 1.30. The van der Waals surface area contributed by atoms with Gasteiger partial charge in [-0.2, -0.15) is 18.3 Å². The fraction of sp³-hybridized carbons (Fsp3) is 0.750. The summed E-state index contributed by atoms with van der Waals surface area (Å²) in [5.41, 5.74) is 2.32. The number of esters is 1. The van der Waals surface area contributed by atoms with Crippen molar-refractivity contribution >= 4 is 12.2 Å². The normalized spacial score (nSPS) is 11.7. The van der Waals surface area contributed by atoms with Gasteiger partial charge < -0.3 is 10.2 Å². The number of hydrazone groups is 1. The summed E-state index contributed by atoms with van der Waals surface area (Å²) >= 11 is 0. The molecular formula is C8H13F3N2O2. The number of nitrogens with one attached hydrogen (secondary N) is 1. The van der Waals surface area contributed by atoms with Gasteiger partial charge in [0, 0.05) is 13.0 Å². The van der Waals surface area contributed by atoms with Crippen molar-refractivity contribution < 1.29 is 22.7 Å². The molecule has 0 aromatic carbocycles. The largest absolute Gasteiger partial charge is 0.462 e. The summed E-state index contributed by atoms with van der Waals surface area (Å²) in [6, 6.07) is 0. The van der Waals surface area contributed by atoms with Gasteiger partial charge in [-0.1, -0.05) is 0 Å². The standard InChI is InChI=1S/C8H13F3N2O2/c1-2-15-7(14)6-13-12-5-3-4-8(9,10)11/h6,12H,2-5H2,1H3. The molecule has 0 radical (unpaired) electrons. The van der Waals surface area contributed by atoms with Gasteiger partial charge in [-0.25, -0.2) is 4.79 Å². The van der Waals surface area contributed by atoms with E-state index in [0.29, 0.717) is 0 Å². The van der Waals surface area contributed by atoms with Crippen molar-refractivity contribution in [2.75, 3.05) is 13.2 Å². The number of carbonyl (C=O) groups excluding carboxylic acids is 1. The average molecular weight is 226 g/mol. The first-order valence-electron chi connectivity index (χ1n) is 4.45. The maximum Gasteiger partial charge on any atom is 0.389 e. The predicted molar refractivity (Wildman–Crippen MR) is 48.4 cm³/mol. The number of hydrogen-bond donors (Lipinski definition) is 1. The Labute approximate surface area is 85.5 Å². The molecule has 0 atom stereocenters. The van der Waals surface area contributed by atoms with E-state index in [1.54, 1.807) is 6.92 Å². The van der Waals surface area contributed by atoms with E-state index in [-0.39, 0.29) is 19.6 Å². The molecule has 0 heterocycles. The van der Waals surface area contributed by atoms with Gasteiger partial charge in [0.05, 0.1) is 6.61 Å². The fourth-order valence-corrected chi connectivity index (χ4v) is 0.710. The predicted octanol–water partition coefficient (Wildman–Crippen LogP) is 1.47. The summed E-state index contributed by atoms with van der Waals surface area (Å²) in [6.07, 6.45) is -4.21. The molecule has 0 saturated carbocycles. The summed E-state index contributed by atoms with van der Waals surface area (Å²) in [6.45, 7) is 1.94. The highest BCUT2D eigenvalue weighted by Crippen LogP contribution is 2.20. The van der Waals surface area contributed by atoms with Gasteiger partial charge in [-0.15, -0.1) is 0 Å². The van der Waals surface area contributed by atoms with Gasteiger partial charge in [0.25, 0.3) is 0 Å². The number of rotatable bonds is 6. The highest BCUT2D eigenvalue weighted by molar-refractivity contribution is 6.23. The highest BCUT2D eigenvalue weighted by atomic mass is 19.4. The number of carbonyl (C=O) groups is 1. The van der Waals surface area contributed by atoms with E-state index in [1.165, 1.54) is 0 Å². The first-order valence-corrected chi connectivity index (χ1v) is 4.45. The molecular weight excluding hydrogens is 213 g/mol. The summed E-state index contributed by atoms with van der Waals surface area (Å²) in [4.78, 5) is 10.6. The van der Waals surface area contributed by atoms with Crippen LogP contribution >= 0.6 is 0 Å². The number of alkyl halides is 3. The molecule has 7 heteroatoms. The van der Waals surface area contributed by atoms with Crippen molar-refractivity contribution in [3.05, 3.63) is 0 Å². The van der Waals surface area contributed by atoms with Crippen molar-refractivity contribution in [1.82, 2.24) is 5.43 Å². The van der Waals surface area contributed by atoms with Crippen LogP contribution in [-0.4, -0.2) is 31.5 Å². The van der Waals surface area contributed by atoms with Crippen LogP contribution < -0.4 is 5.43 Å². The summed E-state index contributed by atoms with van der Waals surface area (Å²) < 4.78 is 39.5. The lowest BCUT2D eigenvalue weighted by Gasteiger charge is -2.04. The van der Waals surface area contributed by atoms with Gasteiger partial charge in [-0.05, 0) is 13.3 Å². The average Bonchev–Trinajstić information content (AvgIpc) is 2.09. The SMILES string of the molecule is CCOC(=O)C=NNCCCC(F)(F)F. The summed E-state index contributed by atoms with van der Waals surface area (Å²) in [5.74, 6) is -0.624.